The first-order chi connectivity index (χ1) is 2.41. The van der Waals surface area contributed by atoms with Crippen molar-refractivity contribution in [2.75, 3.05) is 0 Å². The van der Waals surface area contributed by atoms with Gasteiger partial charge in [0.25, 0.3) is 0 Å². The predicted molar refractivity (Wildman–Crippen MR) is 25.2 cm³/mol. The van der Waals surface area contributed by atoms with E-state index in [0.717, 1.165) is 0 Å². The van der Waals surface area contributed by atoms with E-state index in [9.17, 15) is 0 Å². The van der Waals surface area contributed by atoms with Crippen LogP contribution < -0.4 is 0 Å². The maximum Gasteiger partial charge on any atom is 5.00 e. The number of unbranched alkanes of at least 4 members (excludes halogenated alkanes) is 2. The Morgan fingerprint density at radius 2 is 1.33 bits per heavy atom. The van der Waals surface area contributed by atoms with Gasteiger partial charge in [0.15, 0.2) is 0 Å². The molecule has 0 bridgehead atoms. The molecule has 0 fully saturated rings. The van der Waals surface area contributed by atoms with Gasteiger partial charge in [0.1, 0.15) is 0 Å². The van der Waals surface area contributed by atoms with Gasteiger partial charge in [-0.15, -0.1) is 0 Å². The van der Waals surface area contributed by atoms with Crippen molar-refractivity contribution in [2.24, 2.45) is 0 Å². The molecule has 0 saturated carbocycles. The predicted octanol–water partition coefficient (Wildman–Crippen LogP) is 2.19. The molecule has 0 heterocycles. The van der Waals surface area contributed by atoms with Gasteiger partial charge in [-0.05, 0) is 0 Å². The largest absolute Gasteiger partial charge is 5.00 e. The summed E-state index contributed by atoms with van der Waals surface area (Å²) in [4.78, 5) is 0. The third-order valence-electron chi connectivity index (χ3n) is 0.707. The summed E-state index contributed by atoms with van der Waals surface area (Å²) < 4.78 is 0. The third-order valence-corrected chi connectivity index (χ3v) is 0.707. The standard InChI is InChI=1S/C5H12.Ta/c1-3-5-4-2;/h3-5H2,1-2H3;/q;+5. The Hall–Kier alpha value is 0.740. The molecular formula is C5H12Ta+5. The molecule has 0 rings (SSSR count). The molecule has 0 aromatic heterocycles. The zero-order valence-corrected chi connectivity index (χ0v) is 7.78. The quantitative estimate of drug-likeness (QED) is 0.707. The summed E-state index contributed by atoms with van der Waals surface area (Å²) in [6, 6.07) is 0. The summed E-state index contributed by atoms with van der Waals surface area (Å²) in [5.41, 5.74) is 0. The van der Waals surface area contributed by atoms with E-state index in [1.54, 1.807) is 0 Å². The molecule has 0 aliphatic rings. The van der Waals surface area contributed by atoms with E-state index >= 15 is 0 Å². The SMILES string of the molecule is CCCCC.[Ta+5]. The van der Waals surface area contributed by atoms with Crippen LogP contribution in [0.3, 0.4) is 0 Å². The first-order valence-electron chi connectivity index (χ1n) is 2.41. The van der Waals surface area contributed by atoms with Gasteiger partial charge in [-0.3, -0.25) is 0 Å². The second kappa shape index (κ2) is 9.22. The summed E-state index contributed by atoms with van der Waals surface area (Å²) in [6.45, 7) is 4.42. The minimum atomic E-state index is 0. The van der Waals surface area contributed by atoms with Gasteiger partial charge in [-0.25, -0.2) is 0 Å². The van der Waals surface area contributed by atoms with Gasteiger partial charge in [0.05, 0.1) is 0 Å². The Morgan fingerprint density at radius 1 is 1.00 bits per heavy atom. The minimum Gasteiger partial charge on any atom is -0.0654 e. The Bertz CT molecular complexity index is 11.4. The Morgan fingerprint density at radius 3 is 1.33 bits per heavy atom. The molecular weight excluding hydrogens is 241 g/mol. The molecule has 0 radical (unpaired) electrons. The molecule has 0 spiro atoms. The first-order valence-corrected chi connectivity index (χ1v) is 2.41. The molecule has 0 aromatic carbocycles. The molecule has 6 heavy (non-hydrogen) atoms. The summed E-state index contributed by atoms with van der Waals surface area (Å²) in [7, 11) is 0. The van der Waals surface area contributed by atoms with E-state index in [4.69, 9.17) is 0 Å². The molecule has 0 aromatic rings. The number of rotatable bonds is 2. The fraction of sp³-hybridized carbons (Fsp3) is 1.00. The average Bonchev–Trinajstić information content (AvgIpc) is 1.41. The average molecular weight is 253 g/mol. The Kier molecular flexibility index (Phi) is 15.2. The fourth-order valence-electron chi connectivity index (χ4n) is 0.354. The van der Waals surface area contributed by atoms with Crippen LogP contribution in [-0.2, 0) is 22.4 Å². The van der Waals surface area contributed by atoms with E-state index in [2.05, 4.69) is 13.8 Å². The van der Waals surface area contributed by atoms with Crippen LogP contribution in [0.1, 0.15) is 33.1 Å². The molecule has 0 aliphatic carbocycles. The molecule has 32 valence electrons. The van der Waals surface area contributed by atoms with Crippen LogP contribution in [0.2, 0.25) is 0 Å². The molecule has 0 unspecified atom stereocenters. The molecule has 0 atom stereocenters. The summed E-state index contributed by atoms with van der Waals surface area (Å²) in [6.07, 6.45) is 4.08. The molecule has 0 nitrogen and oxygen atoms in total. The van der Waals surface area contributed by atoms with Gasteiger partial charge >= 0.3 is 22.4 Å². The van der Waals surface area contributed by atoms with Crippen molar-refractivity contribution in [1.82, 2.24) is 0 Å². The molecule has 0 N–H and O–H groups in total. The summed E-state index contributed by atoms with van der Waals surface area (Å²) >= 11 is 0. The molecule has 0 amide bonds. The van der Waals surface area contributed by atoms with Crippen molar-refractivity contribution in [3.63, 3.8) is 0 Å². The van der Waals surface area contributed by atoms with E-state index in [0.29, 0.717) is 0 Å². The van der Waals surface area contributed by atoms with Crippen LogP contribution >= 0.6 is 0 Å². The van der Waals surface area contributed by atoms with Crippen LogP contribution in [0, 0.1) is 0 Å². The first kappa shape index (κ1) is 9.88. The number of hydrogen-bond donors (Lipinski definition) is 0. The van der Waals surface area contributed by atoms with Gasteiger partial charge in [0, 0.05) is 0 Å². The van der Waals surface area contributed by atoms with Crippen LogP contribution in [0.5, 0.6) is 0 Å². The van der Waals surface area contributed by atoms with Crippen LogP contribution in [0.15, 0.2) is 0 Å². The van der Waals surface area contributed by atoms with Gasteiger partial charge < -0.3 is 0 Å². The summed E-state index contributed by atoms with van der Waals surface area (Å²) in [5.74, 6) is 0. The number of hydrogen-bond acceptors (Lipinski definition) is 0. The second-order valence-electron chi connectivity index (χ2n) is 1.35. The minimum absolute atomic E-state index is 0. The smallest absolute Gasteiger partial charge is 0.0654 e. The van der Waals surface area contributed by atoms with Crippen molar-refractivity contribution < 1.29 is 22.4 Å². The van der Waals surface area contributed by atoms with Gasteiger partial charge in [-0.1, -0.05) is 33.1 Å². The maximum atomic E-state index is 2.21. The summed E-state index contributed by atoms with van der Waals surface area (Å²) in [5, 5.41) is 0. The van der Waals surface area contributed by atoms with Crippen LogP contribution in [0.4, 0.5) is 0 Å². The zero-order valence-electron chi connectivity index (χ0n) is 4.57. The van der Waals surface area contributed by atoms with Crippen molar-refractivity contribution >= 4 is 0 Å². The Labute approximate surface area is 55.8 Å². The topological polar surface area (TPSA) is 0 Å². The van der Waals surface area contributed by atoms with Gasteiger partial charge in [0.2, 0.25) is 0 Å². The van der Waals surface area contributed by atoms with Crippen LogP contribution in [0.25, 0.3) is 0 Å². The Balaban J connectivity index is 0. The molecule has 0 aliphatic heterocycles. The van der Waals surface area contributed by atoms with E-state index < -0.39 is 0 Å². The van der Waals surface area contributed by atoms with Crippen molar-refractivity contribution in [1.29, 1.82) is 0 Å². The fourth-order valence-corrected chi connectivity index (χ4v) is 0.354. The van der Waals surface area contributed by atoms with Crippen molar-refractivity contribution in [2.45, 2.75) is 33.1 Å². The maximum absolute atomic E-state index is 2.21. The van der Waals surface area contributed by atoms with E-state index in [-0.39, 0.29) is 22.4 Å². The van der Waals surface area contributed by atoms with Gasteiger partial charge in [-0.2, -0.15) is 0 Å². The van der Waals surface area contributed by atoms with Crippen LogP contribution in [-0.4, -0.2) is 0 Å². The molecule has 1 heteroatoms. The van der Waals surface area contributed by atoms with Crippen molar-refractivity contribution in [3.05, 3.63) is 0 Å². The monoisotopic (exact) mass is 253 g/mol. The third kappa shape index (κ3) is 8.83. The molecule has 0 saturated heterocycles. The van der Waals surface area contributed by atoms with Crippen molar-refractivity contribution in [3.8, 4) is 0 Å². The zero-order chi connectivity index (χ0) is 4.12. The van der Waals surface area contributed by atoms with E-state index in [1.807, 2.05) is 0 Å². The second-order valence-corrected chi connectivity index (χ2v) is 1.35. The normalized spacial score (nSPS) is 7.00. The van der Waals surface area contributed by atoms with E-state index in [1.165, 1.54) is 19.3 Å².